The molecule has 22 heavy (non-hydrogen) atoms. The van der Waals surface area contributed by atoms with Crippen LogP contribution in [0.25, 0.3) is 5.57 Å². The number of aldehydes is 1. The number of hydrogen-bond donors (Lipinski definition) is 2. The van der Waals surface area contributed by atoms with Gasteiger partial charge in [-0.3, -0.25) is 4.79 Å². The third-order valence-corrected chi connectivity index (χ3v) is 2.97. The minimum atomic E-state index is 0.605. The standard InChI is InChI=1S/C17H25N3O2/c1-13(12-21)9-15(11-20(2)3)14-5-6-16(18)17(10-14)19-7-8-22-4/h5-6,9-12,19H,7-8,18H2,1-4H3/b13-9-,15-11+. The molecule has 0 aromatic heterocycles. The number of nitrogens with one attached hydrogen (secondary N) is 1. The zero-order valence-corrected chi connectivity index (χ0v) is 13.7. The Kier molecular flexibility index (Phi) is 7.19. The maximum atomic E-state index is 10.9. The van der Waals surface area contributed by atoms with Gasteiger partial charge in [-0.2, -0.15) is 0 Å². The van der Waals surface area contributed by atoms with E-state index in [9.17, 15) is 4.79 Å². The van der Waals surface area contributed by atoms with Crippen molar-refractivity contribution >= 4 is 23.2 Å². The summed E-state index contributed by atoms with van der Waals surface area (Å²) >= 11 is 0. The van der Waals surface area contributed by atoms with Crippen LogP contribution < -0.4 is 11.1 Å². The molecule has 0 aliphatic carbocycles. The number of carbonyl (C=O) groups is 1. The molecule has 0 saturated heterocycles. The van der Waals surface area contributed by atoms with Gasteiger partial charge in [0.05, 0.1) is 18.0 Å². The number of hydrogen-bond acceptors (Lipinski definition) is 5. The van der Waals surface area contributed by atoms with Crippen LogP contribution in [0.15, 0.2) is 36.0 Å². The molecule has 5 heteroatoms. The Labute approximate surface area is 132 Å². The molecule has 120 valence electrons. The van der Waals surface area contributed by atoms with Gasteiger partial charge in [0, 0.05) is 33.9 Å². The first-order chi connectivity index (χ1) is 10.5. The summed E-state index contributed by atoms with van der Waals surface area (Å²) in [5.74, 6) is 0. The van der Waals surface area contributed by atoms with E-state index in [0.29, 0.717) is 24.4 Å². The Morgan fingerprint density at radius 2 is 2.14 bits per heavy atom. The van der Waals surface area contributed by atoms with Gasteiger partial charge in [-0.25, -0.2) is 0 Å². The Bertz CT molecular complexity index is 563. The minimum Gasteiger partial charge on any atom is -0.397 e. The number of nitrogens with two attached hydrogens (primary N) is 1. The van der Waals surface area contributed by atoms with Crippen LogP contribution in [0.3, 0.4) is 0 Å². The number of methoxy groups -OCH3 is 1. The second-order valence-corrected chi connectivity index (χ2v) is 5.28. The molecule has 0 fully saturated rings. The fraction of sp³-hybridized carbons (Fsp3) is 0.353. The molecule has 0 spiro atoms. The van der Waals surface area contributed by atoms with Crippen molar-refractivity contribution in [3.05, 3.63) is 41.6 Å². The van der Waals surface area contributed by atoms with Crippen molar-refractivity contribution < 1.29 is 9.53 Å². The summed E-state index contributed by atoms with van der Waals surface area (Å²) in [5.41, 5.74) is 10.1. The number of anilines is 2. The third-order valence-electron chi connectivity index (χ3n) is 2.97. The summed E-state index contributed by atoms with van der Waals surface area (Å²) in [6, 6.07) is 5.79. The predicted molar refractivity (Wildman–Crippen MR) is 92.7 cm³/mol. The van der Waals surface area contributed by atoms with Gasteiger partial charge >= 0.3 is 0 Å². The Morgan fingerprint density at radius 1 is 1.41 bits per heavy atom. The van der Waals surface area contributed by atoms with Crippen LogP contribution in [0.1, 0.15) is 12.5 Å². The molecule has 0 bridgehead atoms. The number of nitrogens with zero attached hydrogens (tertiary/aromatic N) is 1. The molecule has 1 aromatic rings. The number of allylic oxidation sites excluding steroid dienone is 3. The van der Waals surface area contributed by atoms with Crippen LogP contribution >= 0.6 is 0 Å². The molecule has 0 unspecified atom stereocenters. The van der Waals surface area contributed by atoms with Gasteiger partial charge in [0.2, 0.25) is 0 Å². The molecular weight excluding hydrogens is 278 g/mol. The van der Waals surface area contributed by atoms with Crippen molar-refractivity contribution in [1.29, 1.82) is 0 Å². The molecule has 0 atom stereocenters. The smallest absolute Gasteiger partial charge is 0.145 e. The summed E-state index contributed by atoms with van der Waals surface area (Å²) in [7, 11) is 5.55. The van der Waals surface area contributed by atoms with Crippen molar-refractivity contribution in [3.8, 4) is 0 Å². The highest BCUT2D eigenvalue weighted by Gasteiger charge is 2.05. The molecule has 0 heterocycles. The van der Waals surface area contributed by atoms with Gasteiger partial charge in [0.15, 0.2) is 0 Å². The molecule has 0 saturated carbocycles. The topological polar surface area (TPSA) is 67.6 Å². The summed E-state index contributed by atoms with van der Waals surface area (Å²) in [4.78, 5) is 12.8. The van der Waals surface area contributed by atoms with Gasteiger partial charge in [-0.05, 0) is 41.8 Å². The fourth-order valence-corrected chi connectivity index (χ4v) is 1.93. The van der Waals surface area contributed by atoms with Crippen molar-refractivity contribution in [2.75, 3.05) is 45.4 Å². The van der Waals surface area contributed by atoms with Crippen molar-refractivity contribution in [2.45, 2.75) is 6.92 Å². The number of carbonyl (C=O) groups excluding carboxylic acids is 1. The van der Waals surface area contributed by atoms with Gasteiger partial charge < -0.3 is 20.7 Å². The summed E-state index contributed by atoms with van der Waals surface area (Å²) in [6.07, 6.45) is 4.67. The first-order valence-corrected chi connectivity index (χ1v) is 7.12. The van der Waals surface area contributed by atoms with E-state index in [0.717, 1.165) is 23.1 Å². The predicted octanol–water partition coefficient (Wildman–Crippen LogP) is 2.37. The van der Waals surface area contributed by atoms with E-state index in [2.05, 4.69) is 5.32 Å². The zero-order valence-electron chi connectivity index (χ0n) is 13.7. The highest BCUT2D eigenvalue weighted by Crippen LogP contribution is 2.26. The van der Waals surface area contributed by atoms with E-state index in [1.807, 2.05) is 49.5 Å². The Hall–Kier alpha value is -2.27. The third kappa shape index (κ3) is 5.61. The second-order valence-electron chi connectivity index (χ2n) is 5.28. The molecule has 0 aliphatic rings. The first-order valence-electron chi connectivity index (χ1n) is 7.12. The lowest BCUT2D eigenvalue weighted by atomic mass is 10.0. The number of ether oxygens (including phenoxy) is 1. The first kappa shape index (κ1) is 17.8. The van der Waals surface area contributed by atoms with E-state index in [4.69, 9.17) is 10.5 Å². The van der Waals surface area contributed by atoms with Crippen molar-refractivity contribution in [2.24, 2.45) is 0 Å². The lowest BCUT2D eigenvalue weighted by Crippen LogP contribution is -2.09. The number of nitrogen functional groups attached to an aromatic ring is 1. The van der Waals surface area contributed by atoms with Gasteiger partial charge in [0.25, 0.3) is 0 Å². The average Bonchev–Trinajstić information content (AvgIpc) is 2.48. The van der Waals surface area contributed by atoms with Crippen LogP contribution in [0.5, 0.6) is 0 Å². The van der Waals surface area contributed by atoms with Gasteiger partial charge in [-0.15, -0.1) is 0 Å². The highest BCUT2D eigenvalue weighted by atomic mass is 16.5. The molecule has 0 aliphatic heterocycles. The zero-order chi connectivity index (χ0) is 16.5. The lowest BCUT2D eigenvalue weighted by Gasteiger charge is -2.14. The van der Waals surface area contributed by atoms with Crippen LogP contribution in [-0.2, 0) is 9.53 Å². The summed E-state index contributed by atoms with van der Waals surface area (Å²) in [5, 5.41) is 3.25. The minimum absolute atomic E-state index is 0.605. The van der Waals surface area contributed by atoms with E-state index < -0.39 is 0 Å². The van der Waals surface area contributed by atoms with Gasteiger partial charge in [-0.1, -0.05) is 6.07 Å². The number of rotatable bonds is 8. The van der Waals surface area contributed by atoms with E-state index in [1.165, 1.54) is 0 Å². The quantitative estimate of drug-likeness (QED) is 0.254. The molecule has 3 N–H and O–H groups in total. The molecule has 1 rings (SSSR count). The molecule has 5 nitrogen and oxygen atoms in total. The van der Waals surface area contributed by atoms with E-state index >= 15 is 0 Å². The fourth-order valence-electron chi connectivity index (χ4n) is 1.93. The SMILES string of the molecule is COCCNc1cc(C(/C=C(/C)C=O)=C/N(C)C)ccc1N. The van der Waals surface area contributed by atoms with Crippen molar-refractivity contribution in [3.63, 3.8) is 0 Å². The van der Waals surface area contributed by atoms with E-state index in [-0.39, 0.29) is 0 Å². The normalized spacial score (nSPS) is 12.2. The molecule has 1 aromatic carbocycles. The second kappa shape index (κ2) is 8.89. The van der Waals surface area contributed by atoms with E-state index in [1.54, 1.807) is 14.0 Å². The molecule has 0 radical (unpaired) electrons. The summed E-state index contributed by atoms with van der Waals surface area (Å²) < 4.78 is 5.03. The summed E-state index contributed by atoms with van der Waals surface area (Å²) in [6.45, 7) is 3.07. The lowest BCUT2D eigenvalue weighted by molar-refractivity contribution is -0.104. The van der Waals surface area contributed by atoms with Crippen LogP contribution in [-0.4, -0.2) is 45.5 Å². The van der Waals surface area contributed by atoms with Crippen LogP contribution in [0.4, 0.5) is 11.4 Å². The maximum absolute atomic E-state index is 10.9. The van der Waals surface area contributed by atoms with Crippen molar-refractivity contribution in [1.82, 2.24) is 4.90 Å². The Balaban J connectivity index is 3.15. The monoisotopic (exact) mass is 303 g/mol. The van der Waals surface area contributed by atoms with Gasteiger partial charge in [0.1, 0.15) is 6.29 Å². The number of benzene rings is 1. The Morgan fingerprint density at radius 3 is 2.73 bits per heavy atom. The van der Waals surface area contributed by atoms with Crippen LogP contribution in [0.2, 0.25) is 0 Å². The average molecular weight is 303 g/mol. The van der Waals surface area contributed by atoms with Crippen LogP contribution in [0, 0.1) is 0 Å². The molecular formula is C17H25N3O2. The largest absolute Gasteiger partial charge is 0.397 e. The highest BCUT2D eigenvalue weighted by molar-refractivity contribution is 5.85. The molecule has 0 amide bonds. The maximum Gasteiger partial charge on any atom is 0.145 e.